The van der Waals surface area contributed by atoms with E-state index in [-0.39, 0.29) is 11.8 Å². The van der Waals surface area contributed by atoms with E-state index in [1.165, 1.54) is 0 Å². The molecule has 2 N–H and O–H groups in total. The van der Waals surface area contributed by atoms with E-state index in [4.69, 9.17) is 0 Å². The minimum atomic E-state index is -0.439. The number of nitrogens with zero attached hydrogens (tertiary/aromatic N) is 1. The molecule has 1 atom stereocenters. The van der Waals surface area contributed by atoms with Crippen molar-refractivity contribution >= 4 is 22.9 Å². The highest BCUT2D eigenvalue weighted by Crippen LogP contribution is 2.32. The van der Waals surface area contributed by atoms with Crippen LogP contribution in [0.4, 0.5) is 5.69 Å². The molecule has 1 unspecified atom stereocenters. The van der Waals surface area contributed by atoms with Gasteiger partial charge < -0.3 is 10.6 Å². The lowest BCUT2D eigenvalue weighted by Crippen LogP contribution is -2.44. The molecule has 2 heterocycles. The smallest absolute Gasteiger partial charge is 0.228 e. The van der Waals surface area contributed by atoms with E-state index >= 15 is 0 Å². The Morgan fingerprint density at radius 3 is 3.00 bits per heavy atom. The third kappa shape index (κ3) is 2.78. The molecule has 0 fully saturated rings. The molecule has 3 rings (SSSR count). The first-order valence-corrected chi connectivity index (χ1v) is 8.01. The van der Waals surface area contributed by atoms with Gasteiger partial charge in [-0.3, -0.25) is 4.79 Å². The average molecular weight is 301 g/mol. The molecule has 1 aliphatic rings. The normalized spacial score (nSPS) is 17.7. The minimum absolute atomic E-state index is 0.0733. The summed E-state index contributed by atoms with van der Waals surface area (Å²) >= 11 is 1.57. The van der Waals surface area contributed by atoms with Crippen molar-refractivity contribution in [2.75, 3.05) is 11.9 Å². The fraction of sp³-hybridized carbons (Fsp3) is 0.375. The number of amides is 1. The lowest BCUT2D eigenvalue weighted by Gasteiger charge is -2.30. The van der Waals surface area contributed by atoms with Gasteiger partial charge in [-0.25, -0.2) is 4.98 Å². The first-order chi connectivity index (χ1) is 10.1. The number of nitrogens with one attached hydrogen (secondary N) is 2. The van der Waals surface area contributed by atoms with Crippen LogP contribution in [0.3, 0.4) is 0 Å². The average Bonchev–Trinajstić information content (AvgIpc) is 3.01. The maximum Gasteiger partial charge on any atom is 0.228 e. The Morgan fingerprint density at radius 1 is 1.43 bits per heavy atom. The van der Waals surface area contributed by atoms with Crippen LogP contribution >= 0.6 is 11.3 Å². The van der Waals surface area contributed by atoms with E-state index < -0.39 is 5.54 Å². The van der Waals surface area contributed by atoms with Gasteiger partial charge in [-0.2, -0.15) is 0 Å². The van der Waals surface area contributed by atoms with Crippen LogP contribution in [0.2, 0.25) is 0 Å². The second-order valence-corrected chi connectivity index (χ2v) is 6.70. The number of carbonyl (C=O) groups excluding carboxylic acids is 1. The third-order valence-electron chi connectivity index (χ3n) is 3.80. The summed E-state index contributed by atoms with van der Waals surface area (Å²) in [4.78, 5) is 17.0. The molecule has 0 bridgehead atoms. The Bertz CT molecular complexity index is 637. The number of benzene rings is 1. The van der Waals surface area contributed by atoms with Gasteiger partial charge in [0, 0.05) is 23.8 Å². The van der Waals surface area contributed by atoms with Gasteiger partial charge in [-0.1, -0.05) is 18.2 Å². The Hall–Kier alpha value is -1.88. The van der Waals surface area contributed by atoms with Gasteiger partial charge in [-0.05, 0) is 31.9 Å². The number of carbonyl (C=O) groups is 1. The molecule has 1 aromatic carbocycles. The molecule has 0 radical (unpaired) electrons. The second-order valence-electron chi connectivity index (χ2n) is 5.81. The first kappa shape index (κ1) is 14.1. The maximum absolute atomic E-state index is 12.7. The number of fused-ring (bicyclic) bond motifs is 1. The Labute approximate surface area is 128 Å². The van der Waals surface area contributed by atoms with Crippen molar-refractivity contribution in [1.82, 2.24) is 10.3 Å². The summed E-state index contributed by atoms with van der Waals surface area (Å²) in [5.41, 5.74) is 1.71. The molecule has 5 heteroatoms. The molecular weight excluding hydrogens is 282 g/mol. The number of rotatable bonds is 3. The van der Waals surface area contributed by atoms with Crippen LogP contribution in [0, 0.1) is 0 Å². The van der Waals surface area contributed by atoms with Crippen LogP contribution in [-0.4, -0.2) is 17.4 Å². The van der Waals surface area contributed by atoms with Gasteiger partial charge >= 0.3 is 0 Å². The molecule has 0 aliphatic carbocycles. The van der Waals surface area contributed by atoms with Gasteiger partial charge in [0.2, 0.25) is 5.91 Å². The quantitative estimate of drug-likeness (QED) is 0.916. The summed E-state index contributed by atoms with van der Waals surface area (Å²) in [5, 5.41) is 9.36. The van der Waals surface area contributed by atoms with Crippen molar-refractivity contribution in [3.05, 3.63) is 46.4 Å². The van der Waals surface area contributed by atoms with E-state index in [0.717, 1.165) is 29.2 Å². The lowest BCUT2D eigenvalue weighted by molar-refractivity contribution is -0.124. The number of thiazole rings is 1. The Morgan fingerprint density at radius 2 is 2.24 bits per heavy atom. The monoisotopic (exact) mass is 301 g/mol. The van der Waals surface area contributed by atoms with E-state index in [1.54, 1.807) is 17.5 Å². The fourth-order valence-electron chi connectivity index (χ4n) is 2.72. The van der Waals surface area contributed by atoms with Crippen molar-refractivity contribution in [2.24, 2.45) is 0 Å². The zero-order chi connectivity index (χ0) is 14.9. The predicted octanol–water partition coefficient (Wildman–Crippen LogP) is 3.09. The topological polar surface area (TPSA) is 54.0 Å². The van der Waals surface area contributed by atoms with E-state index in [9.17, 15) is 4.79 Å². The summed E-state index contributed by atoms with van der Waals surface area (Å²) in [5.74, 6) is -0.0224. The number of aromatic nitrogens is 1. The summed E-state index contributed by atoms with van der Waals surface area (Å²) < 4.78 is 0. The van der Waals surface area contributed by atoms with E-state index in [1.807, 2.05) is 43.5 Å². The van der Waals surface area contributed by atoms with Crippen LogP contribution in [0.1, 0.15) is 36.8 Å². The first-order valence-electron chi connectivity index (χ1n) is 7.13. The zero-order valence-electron chi connectivity index (χ0n) is 12.2. The van der Waals surface area contributed by atoms with Gasteiger partial charge in [0.05, 0.1) is 11.5 Å². The van der Waals surface area contributed by atoms with Gasteiger partial charge in [0.1, 0.15) is 5.01 Å². The molecule has 1 aliphatic heterocycles. The second kappa shape index (κ2) is 5.48. The molecule has 0 saturated heterocycles. The van der Waals surface area contributed by atoms with Crippen molar-refractivity contribution in [3.63, 3.8) is 0 Å². The van der Waals surface area contributed by atoms with E-state index in [2.05, 4.69) is 15.6 Å². The SMILES string of the molecule is CC(C)(NC(=O)C1CCNc2ccccc21)c1nccs1. The molecule has 21 heavy (non-hydrogen) atoms. The van der Waals surface area contributed by atoms with Crippen molar-refractivity contribution in [3.8, 4) is 0 Å². The van der Waals surface area contributed by atoms with Crippen molar-refractivity contribution < 1.29 is 4.79 Å². The van der Waals surface area contributed by atoms with Crippen LogP contribution in [0.5, 0.6) is 0 Å². The van der Waals surface area contributed by atoms with E-state index in [0.29, 0.717) is 0 Å². The Kier molecular flexibility index (Phi) is 3.68. The van der Waals surface area contributed by atoms with Crippen LogP contribution in [-0.2, 0) is 10.3 Å². The molecule has 0 spiro atoms. The number of para-hydroxylation sites is 1. The standard InChI is InChI=1S/C16H19N3OS/c1-16(2,15-18-9-10-21-15)19-14(20)12-7-8-17-13-6-4-3-5-11(12)13/h3-6,9-10,12,17H,7-8H2,1-2H3,(H,19,20). The highest BCUT2D eigenvalue weighted by atomic mass is 32.1. The largest absolute Gasteiger partial charge is 0.385 e. The lowest BCUT2D eigenvalue weighted by atomic mass is 9.89. The van der Waals surface area contributed by atoms with Gasteiger partial charge in [0.25, 0.3) is 0 Å². The van der Waals surface area contributed by atoms with Crippen LogP contribution < -0.4 is 10.6 Å². The maximum atomic E-state index is 12.7. The molecule has 0 saturated carbocycles. The highest BCUT2D eigenvalue weighted by Gasteiger charge is 2.32. The van der Waals surface area contributed by atoms with Gasteiger partial charge in [0.15, 0.2) is 0 Å². The number of anilines is 1. The molecular formula is C16H19N3OS. The molecule has 4 nitrogen and oxygen atoms in total. The molecule has 1 aromatic heterocycles. The number of hydrogen-bond acceptors (Lipinski definition) is 4. The molecule has 1 amide bonds. The summed E-state index contributed by atoms with van der Waals surface area (Å²) in [7, 11) is 0. The van der Waals surface area contributed by atoms with Crippen molar-refractivity contribution in [1.29, 1.82) is 0 Å². The summed E-state index contributed by atoms with van der Waals surface area (Å²) in [6.07, 6.45) is 2.59. The minimum Gasteiger partial charge on any atom is -0.385 e. The zero-order valence-corrected chi connectivity index (χ0v) is 13.0. The summed E-state index contributed by atoms with van der Waals surface area (Å²) in [6.45, 7) is 4.82. The van der Waals surface area contributed by atoms with Crippen LogP contribution in [0.25, 0.3) is 0 Å². The summed E-state index contributed by atoms with van der Waals surface area (Å²) in [6, 6.07) is 8.03. The van der Waals surface area contributed by atoms with Gasteiger partial charge in [-0.15, -0.1) is 11.3 Å². The molecule has 110 valence electrons. The number of hydrogen-bond donors (Lipinski definition) is 2. The fourth-order valence-corrected chi connectivity index (χ4v) is 3.44. The van der Waals surface area contributed by atoms with Crippen molar-refractivity contribution in [2.45, 2.75) is 31.7 Å². The highest BCUT2D eigenvalue weighted by molar-refractivity contribution is 7.09. The predicted molar refractivity (Wildman–Crippen MR) is 85.6 cm³/mol. The third-order valence-corrected chi connectivity index (χ3v) is 4.90. The van der Waals surface area contributed by atoms with Crippen LogP contribution in [0.15, 0.2) is 35.8 Å². The molecule has 2 aromatic rings. The Balaban J connectivity index is 1.81.